The van der Waals surface area contributed by atoms with E-state index in [0.29, 0.717) is 24.5 Å². The zero-order chi connectivity index (χ0) is 24.0. The van der Waals surface area contributed by atoms with Gasteiger partial charge >= 0.3 is 5.97 Å². The van der Waals surface area contributed by atoms with Gasteiger partial charge in [0.15, 0.2) is 0 Å². The van der Waals surface area contributed by atoms with Crippen LogP contribution in [0.3, 0.4) is 0 Å². The standard InChI is InChI=1S/C30H36O4/c1-2-3-4-5-6-7-8-14-22-33-27-20-13-12-18-25(27)23-34-28-21-15-19-26(30(31)32)29(28)24-16-10-9-11-17-24/h9-13,15-21H,2-8,14,22-23H2,1H3,(H,31,32). The van der Waals surface area contributed by atoms with Crippen LogP contribution in [0.15, 0.2) is 72.8 Å². The average Bonchev–Trinajstić information content (AvgIpc) is 2.87. The number of carboxylic acid groups (broad SMARTS) is 1. The second kappa shape index (κ2) is 14.1. The number of hydrogen-bond acceptors (Lipinski definition) is 3. The molecule has 180 valence electrons. The van der Waals surface area contributed by atoms with E-state index in [-0.39, 0.29) is 5.56 Å². The van der Waals surface area contributed by atoms with Gasteiger partial charge in [-0.1, -0.05) is 106 Å². The van der Waals surface area contributed by atoms with E-state index < -0.39 is 5.97 Å². The molecule has 0 aliphatic carbocycles. The van der Waals surface area contributed by atoms with Gasteiger partial charge in [-0.05, 0) is 30.2 Å². The molecule has 0 aliphatic heterocycles. The fourth-order valence-corrected chi connectivity index (χ4v) is 4.07. The molecule has 0 spiro atoms. The number of aromatic carboxylic acids is 1. The highest BCUT2D eigenvalue weighted by Crippen LogP contribution is 2.34. The van der Waals surface area contributed by atoms with E-state index in [0.717, 1.165) is 23.3 Å². The van der Waals surface area contributed by atoms with Crippen LogP contribution >= 0.6 is 0 Å². The molecule has 3 rings (SSSR count). The summed E-state index contributed by atoms with van der Waals surface area (Å²) in [5.74, 6) is 0.392. The van der Waals surface area contributed by atoms with Gasteiger partial charge in [-0.25, -0.2) is 4.79 Å². The molecule has 0 aliphatic rings. The molecular weight excluding hydrogens is 424 g/mol. The maximum atomic E-state index is 11.9. The molecule has 1 N–H and O–H groups in total. The highest BCUT2D eigenvalue weighted by atomic mass is 16.5. The van der Waals surface area contributed by atoms with Gasteiger partial charge in [0.05, 0.1) is 12.2 Å². The van der Waals surface area contributed by atoms with Crippen molar-refractivity contribution in [2.45, 2.75) is 64.9 Å². The second-order valence-electron chi connectivity index (χ2n) is 8.57. The van der Waals surface area contributed by atoms with Crippen molar-refractivity contribution in [1.29, 1.82) is 0 Å². The van der Waals surface area contributed by atoms with Gasteiger partial charge < -0.3 is 14.6 Å². The third-order valence-corrected chi connectivity index (χ3v) is 5.93. The molecule has 0 unspecified atom stereocenters. The summed E-state index contributed by atoms with van der Waals surface area (Å²) in [6.45, 7) is 3.24. The van der Waals surface area contributed by atoms with E-state index in [2.05, 4.69) is 6.92 Å². The van der Waals surface area contributed by atoms with Crippen molar-refractivity contribution in [1.82, 2.24) is 0 Å². The zero-order valence-electron chi connectivity index (χ0n) is 20.2. The Morgan fingerprint density at radius 2 is 1.35 bits per heavy atom. The van der Waals surface area contributed by atoms with Gasteiger partial charge in [-0.2, -0.15) is 0 Å². The van der Waals surface area contributed by atoms with E-state index in [9.17, 15) is 9.90 Å². The van der Waals surface area contributed by atoms with Gasteiger partial charge in [0, 0.05) is 11.1 Å². The van der Waals surface area contributed by atoms with Crippen molar-refractivity contribution < 1.29 is 19.4 Å². The minimum atomic E-state index is -0.974. The summed E-state index contributed by atoms with van der Waals surface area (Å²) in [6, 6.07) is 22.5. The lowest BCUT2D eigenvalue weighted by Gasteiger charge is -2.16. The van der Waals surface area contributed by atoms with Crippen LogP contribution in [0.25, 0.3) is 11.1 Å². The van der Waals surface area contributed by atoms with E-state index in [1.165, 1.54) is 44.9 Å². The molecule has 34 heavy (non-hydrogen) atoms. The molecule has 0 aromatic heterocycles. The van der Waals surface area contributed by atoms with E-state index in [1.54, 1.807) is 12.1 Å². The Hall–Kier alpha value is -3.27. The molecule has 0 bridgehead atoms. The molecule has 3 aromatic carbocycles. The van der Waals surface area contributed by atoms with E-state index in [4.69, 9.17) is 9.47 Å². The number of ether oxygens (including phenoxy) is 2. The maximum absolute atomic E-state index is 11.9. The Morgan fingerprint density at radius 3 is 2.09 bits per heavy atom. The van der Waals surface area contributed by atoms with Crippen LogP contribution in [-0.4, -0.2) is 17.7 Å². The Kier molecular flexibility index (Phi) is 10.5. The molecule has 0 atom stereocenters. The molecule has 0 saturated carbocycles. The number of hydrogen-bond donors (Lipinski definition) is 1. The topological polar surface area (TPSA) is 55.8 Å². The van der Waals surface area contributed by atoms with Crippen LogP contribution in [0.5, 0.6) is 11.5 Å². The highest BCUT2D eigenvalue weighted by Gasteiger charge is 2.17. The number of rotatable bonds is 15. The van der Waals surface area contributed by atoms with Crippen molar-refractivity contribution in [3.63, 3.8) is 0 Å². The summed E-state index contributed by atoms with van der Waals surface area (Å²) in [5, 5.41) is 9.72. The van der Waals surface area contributed by atoms with Gasteiger partial charge in [0.2, 0.25) is 0 Å². The number of carboxylic acids is 1. The highest BCUT2D eigenvalue weighted by molar-refractivity contribution is 5.98. The van der Waals surface area contributed by atoms with Crippen LogP contribution in [0.4, 0.5) is 0 Å². The number of carbonyl (C=O) groups is 1. The molecule has 0 heterocycles. The number of unbranched alkanes of at least 4 members (excludes halogenated alkanes) is 7. The molecule has 0 fully saturated rings. The van der Waals surface area contributed by atoms with Crippen molar-refractivity contribution >= 4 is 5.97 Å². The molecule has 4 heteroatoms. The van der Waals surface area contributed by atoms with Crippen LogP contribution in [0.1, 0.15) is 74.2 Å². The summed E-state index contributed by atoms with van der Waals surface area (Å²) in [6.07, 6.45) is 10.1. The quantitative estimate of drug-likeness (QED) is 0.232. The summed E-state index contributed by atoms with van der Waals surface area (Å²) < 4.78 is 12.2. The first-order chi connectivity index (χ1) is 16.7. The Labute approximate surface area is 203 Å². The smallest absolute Gasteiger partial charge is 0.336 e. The Morgan fingerprint density at radius 1 is 0.706 bits per heavy atom. The van der Waals surface area contributed by atoms with Crippen molar-refractivity contribution in [2.24, 2.45) is 0 Å². The molecule has 0 radical (unpaired) electrons. The molecule has 3 aromatic rings. The van der Waals surface area contributed by atoms with Gasteiger partial charge in [0.1, 0.15) is 18.1 Å². The molecule has 4 nitrogen and oxygen atoms in total. The number of benzene rings is 3. The van der Waals surface area contributed by atoms with Gasteiger partial charge in [-0.15, -0.1) is 0 Å². The van der Waals surface area contributed by atoms with Crippen LogP contribution < -0.4 is 9.47 Å². The Bertz CT molecular complexity index is 1010. The maximum Gasteiger partial charge on any atom is 0.336 e. The largest absolute Gasteiger partial charge is 0.493 e. The lowest BCUT2D eigenvalue weighted by molar-refractivity contribution is 0.0697. The first-order valence-electron chi connectivity index (χ1n) is 12.5. The van der Waals surface area contributed by atoms with E-state index in [1.807, 2.05) is 60.7 Å². The molecular formula is C30H36O4. The molecule has 0 saturated heterocycles. The predicted octanol–water partition coefficient (Wildman–Crippen LogP) is 8.15. The lowest BCUT2D eigenvalue weighted by atomic mass is 9.98. The zero-order valence-corrected chi connectivity index (χ0v) is 20.2. The molecule has 0 amide bonds. The summed E-state index contributed by atoms with van der Waals surface area (Å²) in [7, 11) is 0. The van der Waals surface area contributed by atoms with Crippen molar-refractivity contribution in [3.05, 3.63) is 83.9 Å². The fraction of sp³-hybridized carbons (Fsp3) is 0.367. The lowest BCUT2D eigenvalue weighted by Crippen LogP contribution is -2.05. The third-order valence-electron chi connectivity index (χ3n) is 5.93. The minimum Gasteiger partial charge on any atom is -0.493 e. The summed E-state index contributed by atoms with van der Waals surface area (Å²) >= 11 is 0. The first-order valence-corrected chi connectivity index (χ1v) is 12.5. The van der Waals surface area contributed by atoms with Crippen molar-refractivity contribution in [3.8, 4) is 22.6 Å². The summed E-state index contributed by atoms with van der Waals surface area (Å²) in [4.78, 5) is 11.9. The SMILES string of the molecule is CCCCCCCCCCOc1ccccc1COc1cccc(C(=O)O)c1-c1ccccc1. The monoisotopic (exact) mass is 460 g/mol. The van der Waals surface area contributed by atoms with Gasteiger partial charge in [-0.3, -0.25) is 0 Å². The normalized spacial score (nSPS) is 10.7. The minimum absolute atomic E-state index is 0.225. The van der Waals surface area contributed by atoms with Crippen LogP contribution in [0.2, 0.25) is 0 Å². The van der Waals surface area contributed by atoms with Crippen molar-refractivity contribution in [2.75, 3.05) is 6.61 Å². The third kappa shape index (κ3) is 7.65. The first kappa shape index (κ1) is 25.4. The fourth-order valence-electron chi connectivity index (χ4n) is 4.07. The Balaban J connectivity index is 1.60. The average molecular weight is 461 g/mol. The summed E-state index contributed by atoms with van der Waals surface area (Å²) in [5.41, 5.74) is 2.58. The predicted molar refractivity (Wildman–Crippen MR) is 138 cm³/mol. The van der Waals surface area contributed by atoms with E-state index >= 15 is 0 Å². The second-order valence-corrected chi connectivity index (χ2v) is 8.57. The number of para-hydroxylation sites is 1. The van der Waals surface area contributed by atoms with Gasteiger partial charge in [0.25, 0.3) is 0 Å². The van der Waals surface area contributed by atoms with Crippen LogP contribution in [0, 0.1) is 0 Å². The van der Waals surface area contributed by atoms with Crippen LogP contribution in [-0.2, 0) is 6.61 Å².